The average molecular weight is 329 g/mol. The van der Waals surface area contributed by atoms with Gasteiger partial charge in [-0.05, 0) is 67.1 Å². The van der Waals surface area contributed by atoms with Crippen molar-refractivity contribution in [2.75, 3.05) is 26.4 Å². The van der Waals surface area contributed by atoms with Gasteiger partial charge in [0.25, 0.3) is 0 Å². The largest absolute Gasteiger partial charge is 0.508 e. The minimum absolute atomic E-state index is 0.206. The number of fused-ring (bicyclic) bond motifs is 1. The second-order valence-corrected chi connectivity index (χ2v) is 7.14. The van der Waals surface area contributed by atoms with Crippen LogP contribution in [-0.2, 0) is 0 Å². The number of halogens is 1. The van der Waals surface area contributed by atoms with E-state index in [1.165, 1.54) is 11.6 Å². The third kappa shape index (κ3) is 3.59. The molecule has 0 atom stereocenters. The first-order chi connectivity index (χ1) is 11.0. The van der Waals surface area contributed by atoms with Gasteiger partial charge in [-0.25, -0.2) is 4.39 Å². The van der Waals surface area contributed by atoms with E-state index in [2.05, 4.69) is 19.0 Å². The van der Waals surface area contributed by atoms with Crippen molar-refractivity contribution < 1.29 is 9.50 Å². The summed E-state index contributed by atoms with van der Waals surface area (Å²) in [4.78, 5) is 3.12. The Morgan fingerprint density at radius 3 is 2.74 bits per heavy atom. The lowest BCUT2D eigenvalue weighted by molar-refractivity contribution is 0.442. The van der Waals surface area contributed by atoms with Crippen molar-refractivity contribution in [1.29, 1.82) is 0 Å². The molecule has 0 fully saturated rings. The lowest BCUT2D eigenvalue weighted by Gasteiger charge is -2.19. The first-order valence-electron chi connectivity index (χ1n) is 7.63. The number of likely N-dealkylation sites (N-methyl/N-ethyl adjacent to an activating group) is 1. The Hall–Kier alpha value is -1.78. The van der Waals surface area contributed by atoms with Crippen LogP contribution in [0.25, 0.3) is 5.57 Å². The Balaban J connectivity index is 2.23. The molecule has 1 aliphatic rings. The molecule has 0 aliphatic carbocycles. The van der Waals surface area contributed by atoms with E-state index in [-0.39, 0.29) is 11.6 Å². The van der Waals surface area contributed by atoms with E-state index in [4.69, 9.17) is 0 Å². The minimum Gasteiger partial charge on any atom is -0.508 e. The van der Waals surface area contributed by atoms with Gasteiger partial charge in [0.05, 0.1) is 0 Å². The van der Waals surface area contributed by atoms with Crippen molar-refractivity contribution in [2.45, 2.75) is 11.3 Å². The minimum atomic E-state index is -0.206. The van der Waals surface area contributed by atoms with Crippen molar-refractivity contribution in [3.05, 3.63) is 65.0 Å². The molecule has 1 N–H and O–H groups in total. The van der Waals surface area contributed by atoms with E-state index >= 15 is 0 Å². The van der Waals surface area contributed by atoms with Gasteiger partial charge in [-0.2, -0.15) is 0 Å². The molecule has 120 valence electrons. The monoisotopic (exact) mass is 329 g/mol. The Bertz CT molecular complexity index is 755. The van der Waals surface area contributed by atoms with E-state index < -0.39 is 0 Å². The number of nitrogens with zero attached hydrogens (tertiary/aromatic N) is 1. The van der Waals surface area contributed by atoms with Crippen LogP contribution in [0, 0.1) is 5.82 Å². The van der Waals surface area contributed by atoms with Crippen LogP contribution in [0.1, 0.15) is 17.5 Å². The number of phenols is 1. The molecule has 1 aliphatic heterocycles. The third-order valence-corrected chi connectivity index (χ3v) is 4.93. The van der Waals surface area contributed by atoms with Crippen LogP contribution in [0.2, 0.25) is 0 Å². The van der Waals surface area contributed by atoms with Crippen LogP contribution in [0.3, 0.4) is 0 Å². The molecule has 0 saturated carbocycles. The standard InChI is InChI=1S/C19H20FNOS/c1-21(2)12-14-8-9-23-18-11-15(20)6-7-17(18)19(14)13-4-3-5-16(22)10-13/h3-7,10-11,22H,8-9,12H2,1-2H3. The maximum atomic E-state index is 13.7. The van der Waals surface area contributed by atoms with E-state index in [1.54, 1.807) is 30.0 Å². The van der Waals surface area contributed by atoms with Gasteiger partial charge in [-0.15, -0.1) is 11.8 Å². The van der Waals surface area contributed by atoms with Gasteiger partial charge in [0.2, 0.25) is 0 Å². The van der Waals surface area contributed by atoms with Crippen LogP contribution in [0.4, 0.5) is 4.39 Å². The van der Waals surface area contributed by atoms with Gasteiger partial charge in [-0.3, -0.25) is 0 Å². The molecule has 1 heterocycles. The van der Waals surface area contributed by atoms with Crippen LogP contribution < -0.4 is 0 Å². The molecule has 0 aromatic heterocycles. The molecular weight excluding hydrogens is 309 g/mol. The number of aromatic hydroxyl groups is 1. The molecule has 0 bridgehead atoms. The van der Waals surface area contributed by atoms with Crippen molar-refractivity contribution in [3.8, 4) is 5.75 Å². The summed E-state index contributed by atoms with van der Waals surface area (Å²) in [5.41, 5.74) is 4.47. The van der Waals surface area contributed by atoms with Crippen molar-refractivity contribution >= 4 is 17.3 Å². The summed E-state index contributed by atoms with van der Waals surface area (Å²) in [5.74, 6) is 0.976. The fraction of sp³-hybridized carbons (Fsp3) is 0.263. The third-order valence-electron chi connectivity index (χ3n) is 3.87. The average Bonchev–Trinajstić information content (AvgIpc) is 2.65. The fourth-order valence-corrected chi connectivity index (χ4v) is 4.07. The van der Waals surface area contributed by atoms with Gasteiger partial charge in [0.15, 0.2) is 0 Å². The summed E-state index contributed by atoms with van der Waals surface area (Å²) >= 11 is 1.69. The van der Waals surface area contributed by atoms with Gasteiger partial charge >= 0.3 is 0 Å². The maximum absolute atomic E-state index is 13.7. The Labute approximate surface area is 140 Å². The maximum Gasteiger partial charge on any atom is 0.124 e. The predicted octanol–water partition coefficient (Wildman–Crippen LogP) is 4.39. The van der Waals surface area contributed by atoms with Crippen LogP contribution in [0.5, 0.6) is 5.75 Å². The van der Waals surface area contributed by atoms with Gasteiger partial charge < -0.3 is 10.0 Å². The highest BCUT2D eigenvalue weighted by molar-refractivity contribution is 7.99. The molecule has 4 heteroatoms. The van der Waals surface area contributed by atoms with Gasteiger partial charge in [-0.1, -0.05) is 18.2 Å². The quantitative estimate of drug-likeness (QED) is 0.903. The molecule has 0 radical (unpaired) electrons. The van der Waals surface area contributed by atoms with Crippen molar-refractivity contribution in [2.24, 2.45) is 0 Å². The fourth-order valence-electron chi connectivity index (χ4n) is 2.98. The molecule has 23 heavy (non-hydrogen) atoms. The summed E-state index contributed by atoms with van der Waals surface area (Å²) in [6, 6.07) is 12.3. The number of rotatable bonds is 3. The highest BCUT2D eigenvalue weighted by atomic mass is 32.2. The molecule has 0 saturated heterocycles. The second kappa shape index (κ2) is 6.77. The summed E-state index contributed by atoms with van der Waals surface area (Å²) in [6.45, 7) is 0.850. The lowest BCUT2D eigenvalue weighted by Crippen LogP contribution is -2.16. The zero-order valence-electron chi connectivity index (χ0n) is 13.3. The molecule has 2 aromatic rings. The summed E-state index contributed by atoms with van der Waals surface area (Å²) in [7, 11) is 4.10. The van der Waals surface area contributed by atoms with E-state index in [1.807, 2.05) is 18.2 Å². The Morgan fingerprint density at radius 1 is 1.17 bits per heavy atom. The molecule has 0 amide bonds. The summed E-state index contributed by atoms with van der Waals surface area (Å²) < 4.78 is 13.7. The van der Waals surface area contributed by atoms with Gasteiger partial charge in [0.1, 0.15) is 11.6 Å². The normalized spacial score (nSPS) is 14.8. The Kier molecular flexibility index (Phi) is 4.74. The molecule has 0 unspecified atom stereocenters. The van der Waals surface area contributed by atoms with Crippen LogP contribution in [-0.4, -0.2) is 36.4 Å². The Morgan fingerprint density at radius 2 is 2.00 bits per heavy atom. The SMILES string of the molecule is CN(C)CC1=C(c2cccc(O)c2)c2ccc(F)cc2SCC1. The zero-order chi connectivity index (χ0) is 16.4. The predicted molar refractivity (Wildman–Crippen MR) is 94.4 cm³/mol. The number of hydrogen-bond acceptors (Lipinski definition) is 3. The van der Waals surface area contributed by atoms with E-state index in [0.717, 1.165) is 40.3 Å². The summed E-state index contributed by atoms with van der Waals surface area (Å²) in [6.07, 6.45) is 0.949. The van der Waals surface area contributed by atoms with Crippen LogP contribution in [0.15, 0.2) is 52.9 Å². The number of hydrogen-bond donors (Lipinski definition) is 1. The molecule has 0 spiro atoms. The van der Waals surface area contributed by atoms with Crippen molar-refractivity contribution in [1.82, 2.24) is 4.90 Å². The molecule has 2 aromatic carbocycles. The number of thioether (sulfide) groups is 1. The summed E-state index contributed by atoms with van der Waals surface area (Å²) in [5, 5.41) is 9.88. The van der Waals surface area contributed by atoms with Crippen LogP contribution >= 0.6 is 11.8 Å². The zero-order valence-corrected chi connectivity index (χ0v) is 14.2. The topological polar surface area (TPSA) is 23.5 Å². The van der Waals surface area contributed by atoms with Crippen molar-refractivity contribution in [3.63, 3.8) is 0 Å². The first-order valence-corrected chi connectivity index (χ1v) is 8.62. The first kappa shape index (κ1) is 16.1. The number of phenolic OH excluding ortho intramolecular Hbond substituents is 1. The van der Waals surface area contributed by atoms with E-state index in [0.29, 0.717) is 0 Å². The highest BCUT2D eigenvalue weighted by Gasteiger charge is 2.20. The number of benzene rings is 2. The lowest BCUT2D eigenvalue weighted by atomic mass is 9.91. The molecule has 2 nitrogen and oxygen atoms in total. The van der Waals surface area contributed by atoms with E-state index in [9.17, 15) is 9.50 Å². The highest BCUT2D eigenvalue weighted by Crippen LogP contribution is 2.40. The molecular formula is C19H20FNOS. The second-order valence-electron chi connectivity index (χ2n) is 6.01. The van der Waals surface area contributed by atoms with Gasteiger partial charge in [0, 0.05) is 17.2 Å². The smallest absolute Gasteiger partial charge is 0.124 e. The molecule has 3 rings (SSSR count).